The fraction of sp³-hybridized carbons (Fsp3) is 0.150. The summed E-state index contributed by atoms with van der Waals surface area (Å²) in [6.45, 7) is 3.92. The normalized spacial score (nSPS) is 10.8. The number of esters is 1. The molecule has 0 fully saturated rings. The topological polar surface area (TPSA) is 35.5 Å². The first kappa shape index (κ1) is 16.5. The van der Waals surface area contributed by atoms with Crippen molar-refractivity contribution in [2.24, 2.45) is 0 Å². The van der Waals surface area contributed by atoms with Gasteiger partial charge in [-0.2, -0.15) is 0 Å². The minimum Gasteiger partial charge on any atom is -0.491 e. The fourth-order valence-electron chi connectivity index (χ4n) is 2.42. The van der Waals surface area contributed by atoms with Crippen molar-refractivity contribution in [1.82, 2.24) is 0 Å². The lowest BCUT2D eigenvalue weighted by atomic mass is 10.1. The van der Waals surface area contributed by atoms with Crippen LogP contribution < -0.4 is 9.47 Å². The van der Waals surface area contributed by atoms with Crippen LogP contribution >= 0.6 is 15.9 Å². The molecule has 0 spiro atoms. The zero-order chi connectivity index (χ0) is 17.1. The third-order valence-electron chi connectivity index (χ3n) is 3.50. The first-order valence-electron chi connectivity index (χ1n) is 7.71. The number of rotatable bonds is 4. The van der Waals surface area contributed by atoms with Gasteiger partial charge in [0.05, 0.1) is 11.7 Å². The molecule has 0 unspecified atom stereocenters. The Balaban J connectivity index is 1.84. The lowest BCUT2D eigenvalue weighted by Gasteiger charge is -2.11. The molecule has 0 N–H and O–H groups in total. The van der Waals surface area contributed by atoms with Crippen LogP contribution in [0.5, 0.6) is 11.5 Å². The summed E-state index contributed by atoms with van der Waals surface area (Å²) in [5, 5.41) is 1.89. The van der Waals surface area contributed by atoms with Crippen molar-refractivity contribution in [3.05, 3.63) is 70.7 Å². The third-order valence-corrected chi connectivity index (χ3v) is 4.19. The first-order valence-corrected chi connectivity index (χ1v) is 8.50. The molecule has 0 aliphatic carbocycles. The molecule has 0 bridgehead atoms. The van der Waals surface area contributed by atoms with Crippen LogP contribution in [-0.4, -0.2) is 12.1 Å². The van der Waals surface area contributed by atoms with Crippen LogP contribution in [0.2, 0.25) is 0 Å². The summed E-state index contributed by atoms with van der Waals surface area (Å²) in [4.78, 5) is 12.4. The number of carbonyl (C=O) groups is 1. The number of fused-ring (bicyclic) bond motifs is 1. The maximum Gasteiger partial charge on any atom is 0.343 e. The van der Waals surface area contributed by atoms with Crippen LogP contribution in [0, 0.1) is 0 Å². The number of halogens is 1. The van der Waals surface area contributed by atoms with E-state index in [0.29, 0.717) is 11.3 Å². The Labute approximate surface area is 149 Å². The largest absolute Gasteiger partial charge is 0.491 e. The van der Waals surface area contributed by atoms with Gasteiger partial charge in [0.2, 0.25) is 0 Å². The van der Waals surface area contributed by atoms with E-state index in [9.17, 15) is 4.79 Å². The van der Waals surface area contributed by atoms with Crippen LogP contribution in [0.25, 0.3) is 10.8 Å². The molecule has 122 valence electrons. The standard InChI is InChI=1S/C20H17BrO3/c1-13(2)23-15-9-7-14(8-10-15)20(22)24-19-12-11-18(21)16-5-3-4-6-17(16)19/h3-13H,1-2H3. The second-order valence-electron chi connectivity index (χ2n) is 5.67. The molecule has 0 amide bonds. The van der Waals surface area contributed by atoms with Gasteiger partial charge in [0.15, 0.2) is 0 Å². The van der Waals surface area contributed by atoms with Crippen molar-refractivity contribution in [2.45, 2.75) is 20.0 Å². The van der Waals surface area contributed by atoms with Gasteiger partial charge >= 0.3 is 5.97 Å². The van der Waals surface area contributed by atoms with Gasteiger partial charge in [0, 0.05) is 9.86 Å². The van der Waals surface area contributed by atoms with Crippen LogP contribution in [0.4, 0.5) is 0 Å². The molecule has 0 radical (unpaired) electrons. The summed E-state index contributed by atoms with van der Waals surface area (Å²) in [5.41, 5.74) is 0.484. The summed E-state index contributed by atoms with van der Waals surface area (Å²) in [5.74, 6) is 0.885. The van der Waals surface area contributed by atoms with E-state index in [-0.39, 0.29) is 6.10 Å². The van der Waals surface area contributed by atoms with Gasteiger partial charge in [-0.15, -0.1) is 0 Å². The van der Waals surface area contributed by atoms with E-state index in [2.05, 4.69) is 15.9 Å². The van der Waals surface area contributed by atoms with Crippen molar-refractivity contribution in [3.8, 4) is 11.5 Å². The molecule has 0 heterocycles. The Kier molecular flexibility index (Phi) is 4.86. The fourth-order valence-corrected chi connectivity index (χ4v) is 2.90. The summed E-state index contributed by atoms with van der Waals surface area (Å²) in [7, 11) is 0. The monoisotopic (exact) mass is 384 g/mol. The SMILES string of the molecule is CC(C)Oc1ccc(C(=O)Oc2ccc(Br)c3ccccc23)cc1. The Morgan fingerprint density at radius 1 is 0.917 bits per heavy atom. The van der Waals surface area contributed by atoms with E-state index in [1.165, 1.54) is 0 Å². The van der Waals surface area contributed by atoms with E-state index in [1.54, 1.807) is 30.3 Å². The lowest BCUT2D eigenvalue weighted by molar-refractivity contribution is 0.0737. The van der Waals surface area contributed by atoms with E-state index in [1.807, 2.05) is 44.2 Å². The van der Waals surface area contributed by atoms with Crippen LogP contribution in [0.15, 0.2) is 65.1 Å². The molecule has 0 aliphatic heterocycles. The Morgan fingerprint density at radius 2 is 1.58 bits per heavy atom. The minimum atomic E-state index is -0.390. The molecule has 4 heteroatoms. The maximum absolute atomic E-state index is 12.4. The van der Waals surface area contributed by atoms with Crippen molar-refractivity contribution < 1.29 is 14.3 Å². The average molecular weight is 385 g/mol. The Hall–Kier alpha value is -2.33. The average Bonchev–Trinajstić information content (AvgIpc) is 2.58. The highest BCUT2D eigenvalue weighted by atomic mass is 79.9. The second kappa shape index (κ2) is 7.05. The van der Waals surface area contributed by atoms with Crippen molar-refractivity contribution >= 4 is 32.7 Å². The predicted octanol–water partition coefficient (Wildman–Crippen LogP) is 5.61. The summed E-state index contributed by atoms with van der Waals surface area (Å²) < 4.78 is 12.1. The quantitative estimate of drug-likeness (QED) is 0.433. The maximum atomic E-state index is 12.4. The molecule has 24 heavy (non-hydrogen) atoms. The number of hydrogen-bond acceptors (Lipinski definition) is 3. The Bertz CT molecular complexity index is 870. The number of carbonyl (C=O) groups excluding carboxylic acids is 1. The van der Waals surface area contributed by atoms with E-state index in [0.717, 1.165) is 21.0 Å². The molecule has 3 aromatic rings. The summed E-state index contributed by atoms with van der Waals surface area (Å²) in [6.07, 6.45) is 0.0944. The van der Waals surface area contributed by atoms with E-state index < -0.39 is 5.97 Å². The molecule has 3 aromatic carbocycles. The van der Waals surface area contributed by atoms with Gasteiger partial charge in [-0.05, 0) is 55.6 Å². The summed E-state index contributed by atoms with van der Waals surface area (Å²) >= 11 is 3.52. The molecule has 0 aliphatic rings. The van der Waals surface area contributed by atoms with Crippen molar-refractivity contribution in [2.75, 3.05) is 0 Å². The highest BCUT2D eigenvalue weighted by Crippen LogP contribution is 2.32. The van der Waals surface area contributed by atoms with E-state index in [4.69, 9.17) is 9.47 Å². The van der Waals surface area contributed by atoms with E-state index >= 15 is 0 Å². The zero-order valence-corrected chi connectivity index (χ0v) is 15.0. The smallest absolute Gasteiger partial charge is 0.343 e. The second-order valence-corrected chi connectivity index (χ2v) is 6.53. The van der Waals surface area contributed by atoms with Crippen molar-refractivity contribution in [3.63, 3.8) is 0 Å². The molecule has 0 saturated heterocycles. The highest BCUT2D eigenvalue weighted by Gasteiger charge is 2.12. The van der Waals surface area contributed by atoms with Gasteiger partial charge in [-0.1, -0.05) is 40.2 Å². The molecule has 3 nitrogen and oxygen atoms in total. The van der Waals surface area contributed by atoms with Gasteiger partial charge in [-0.25, -0.2) is 4.79 Å². The number of ether oxygens (including phenoxy) is 2. The minimum absolute atomic E-state index is 0.0944. The molecule has 0 saturated carbocycles. The molecule has 0 aromatic heterocycles. The van der Waals surface area contributed by atoms with Gasteiger partial charge in [0.1, 0.15) is 11.5 Å². The lowest BCUT2D eigenvalue weighted by Crippen LogP contribution is -2.09. The third kappa shape index (κ3) is 3.60. The van der Waals surface area contributed by atoms with Gasteiger partial charge in [-0.3, -0.25) is 0 Å². The summed E-state index contributed by atoms with van der Waals surface area (Å²) in [6, 6.07) is 18.4. The van der Waals surface area contributed by atoms with Gasteiger partial charge in [0.25, 0.3) is 0 Å². The molecular weight excluding hydrogens is 368 g/mol. The first-order chi connectivity index (χ1) is 11.5. The van der Waals surface area contributed by atoms with Crippen LogP contribution in [0.1, 0.15) is 24.2 Å². The van der Waals surface area contributed by atoms with Gasteiger partial charge < -0.3 is 9.47 Å². The van der Waals surface area contributed by atoms with Crippen LogP contribution in [0.3, 0.4) is 0 Å². The predicted molar refractivity (Wildman–Crippen MR) is 98.8 cm³/mol. The number of hydrogen-bond donors (Lipinski definition) is 0. The Morgan fingerprint density at radius 3 is 2.25 bits per heavy atom. The van der Waals surface area contributed by atoms with Crippen molar-refractivity contribution in [1.29, 1.82) is 0 Å². The number of benzene rings is 3. The molecular formula is C20H17BrO3. The molecule has 0 atom stereocenters. The van der Waals surface area contributed by atoms with Crippen LogP contribution in [-0.2, 0) is 0 Å². The molecule has 3 rings (SSSR count). The zero-order valence-electron chi connectivity index (χ0n) is 13.5. The highest BCUT2D eigenvalue weighted by molar-refractivity contribution is 9.10.